The Labute approximate surface area is 233 Å². The first-order valence-corrected chi connectivity index (χ1v) is 13.2. The number of nitrogens with zero attached hydrogens (tertiary/aromatic N) is 2. The highest BCUT2D eigenvalue weighted by molar-refractivity contribution is 6.36. The average Bonchev–Trinajstić information content (AvgIpc) is 3.64. The molecule has 0 aliphatic carbocycles. The Morgan fingerprint density at radius 3 is 2.33 bits per heavy atom. The molecule has 8 heteroatoms. The molecule has 0 radical (unpaired) electrons. The third-order valence-corrected chi connectivity index (χ3v) is 7.80. The normalized spacial score (nSPS) is 20.7. The molecular formula is C31H20Cl2N2O4. The fraction of sp³-hybridized carbons (Fsp3) is 0.0968. The summed E-state index contributed by atoms with van der Waals surface area (Å²) in [5.41, 5.74) is 1.91. The molecule has 0 saturated carbocycles. The van der Waals surface area contributed by atoms with Crippen LogP contribution in [0.5, 0.6) is 0 Å². The van der Waals surface area contributed by atoms with Crippen molar-refractivity contribution in [3.63, 3.8) is 0 Å². The summed E-state index contributed by atoms with van der Waals surface area (Å²) in [4.78, 5) is 35.4. The highest BCUT2D eigenvalue weighted by atomic mass is 35.5. The van der Waals surface area contributed by atoms with E-state index in [-0.39, 0.29) is 5.91 Å². The molecule has 39 heavy (non-hydrogen) atoms. The molecule has 0 bridgehead atoms. The van der Waals surface area contributed by atoms with E-state index in [1.54, 1.807) is 41.5 Å². The van der Waals surface area contributed by atoms with Crippen LogP contribution in [-0.4, -0.2) is 17.9 Å². The van der Waals surface area contributed by atoms with Crippen molar-refractivity contribution in [1.29, 1.82) is 0 Å². The number of furan rings is 1. The maximum absolute atomic E-state index is 14.1. The summed E-state index contributed by atoms with van der Waals surface area (Å²) in [6.07, 6.45) is -1.01. The molecule has 3 heterocycles. The quantitative estimate of drug-likeness (QED) is 0.216. The van der Waals surface area contributed by atoms with E-state index >= 15 is 0 Å². The minimum atomic E-state index is -1.01. The van der Waals surface area contributed by atoms with Gasteiger partial charge in [0.15, 0.2) is 6.10 Å². The van der Waals surface area contributed by atoms with E-state index in [4.69, 9.17) is 32.5 Å². The molecule has 0 N–H and O–H groups in total. The standard InChI is InChI=1S/C31H20Cl2N2O4/c32-19-13-14-22(23(33)17-19)25-15-16-26(38-25)28-27-29(39-35(28)20-9-2-1-3-10-20)31(37)34(30(27)36)24-12-6-8-18-7-4-5-11-21(18)24/h1-17,27-29H. The van der Waals surface area contributed by atoms with Crippen LogP contribution in [0.4, 0.5) is 11.4 Å². The Morgan fingerprint density at radius 1 is 0.744 bits per heavy atom. The number of para-hydroxylation sites is 1. The summed E-state index contributed by atoms with van der Waals surface area (Å²) in [5.74, 6) is -0.569. The molecule has 4 aromatic carbocycles. The summed E-state index contributed by atoms with van der Waals surface area (Å²) in [5, 5.41) is 4.32. The van der Waals surface area contributed by atoms with Crippen molar-refractivity contribution >= 4 is 57.2 Å². The molecule has 2 saturated heterocycles. The summed E-state index contributed by atoms with van der Waals surface area (Å²) in [6.45, 7) is 0. The molecule has 3 atom stereocenters. The Balaban J connectivity index is 1.33. The number of imide groups is 1. The third-order valence-electron chi connectivity index (χ3n) is 7.25. The van der Waals surface area contributed by atoms with Gasteiger partial charge in [0, 0.05) is 16.0 Å². The van der Waals surface area contributed by atoms with Crippen LogP contribution in [0.25, 0.3) is 22.1 Å². The number of anilines is 2. The Bertz CT molecular complexity index is 1750. The van der Waals surface area contributed by atoms with Crippen LogP contribution < -0.4 is 9.96 Å². The van der Waals surface area contributed by atoms with Crippen molar-refractivity contribution in [1.82, 2.24) is 0 Å². The van der Waals surface area contributed by atoms with Gasteiger partial charge in [0.05, 0.1) is 16.4 Å². The number of carbonyl (C=O) groups is 2. The van der Waals surface area contributed by atoms with Gasteiger partial charge < -0.3 is 4.42 Å². The van der Waals surface area contributed by atoms with Crippen molar-refractivity contribution in [2.45, 2.75) is 12.1 Å². The van der Waals surface area contributed by atoms with Crippen LogP contribution >= 0.6 is 23.2 Å². The fourth-order valence-electron chi connectivity index (χ4n) is 5.49. The van der Waals surface area contributed by atoms with Crippen LogP contribution in [0.15, 0.2) is 108 Å². The number of amides is 2. The van der Waals surface area contributed by atoms with Crippen molar-refractivity contribution in [2.24, 2.45) is 5.92 Å². The third kappa shape index (κ3) is 3.83. The van der Waals surface area contributed by atoms with E-state index in [9.17, 15) is 9.59 Å². The van der Waals surface area contributed by atoms with Gasteiger partial charge >= 0.3 is 0 Å². The number of rotatable bonds is 4. The molecule has 2 fully saturated rings. The van der Waals surface area contributed by atoms with E-state index in [1.165, 1.54) is 4.90 Å². The number of carbonyl (C=O) groups excluding carboxylic acids is 2. The molecule has 2 amide bonds. The number of benzene rings is 4. The van der Waals surface area contributed by atoms with Crippen LogP contribution in [-0.2, 0) is 14.4 Å². The van der Waals surface area contributed by atoms with Gasteiger partial charge in [-0.25, -0.2) is 9.96 Å². The lowest BCUT2D eigenvalue weighted by atomic mass is 9.94. The van der Waals surface area contributed by atoms with Gasteiger partial charge in [-0.3, -0.25) is 14.4 Å². The van der Waals surface area contributed by atoms with Crippen molar-refractivity contribution < 1.29 is 18.8 Å². The Kier molecular flexibility index (Phi) is 5.70. The molecule has 192 valence electrons. The minimum Gasteiger partial charge on any atom is -0.459 e. The second-order valence-electron chi connectivity index (χ2n) is 9.49. The Morgan fingerprint density at radius 2 is 1.51 bits per heavy atom. The highest BCUT2D eigenvalue weighted by Gasteiger charge is 2.61. The molecule has 6 nitrogen and oxygen atoms in total. The number of fused-ring (bicyclic) bond motifs is 2. The molecule has 2 aliphatic heterocycles. The minimum absolute atomic E-state index is 0.341. The fourth-order valence-corrected chi connectivity index (χ4v) is 5.99. The SMILES string of the molecule is O=C1C2ON(c3ccccc3)C(c3ccc(-c4ccc(Cl)cc4Cl)o3)C2C(=O)N1c1cccc2ccccc12. The summed E-state index contributed by atoms with van der Waals surface area (Å²) >= 11 is 12.5. The Hall–Kier alpha value is -4.10. The first kappa shape index (κ1) is 24.0. The number of halogens is 2. The predicted octanol–water partition coefficient (Wildman–Crippen LogP) is 7.46. The van der Waals surface area contributed by atoms with Gasteiger partial charge in [-0.05, 0) is 53.9 Å². The lowest BCUT2D eigenvalue weighted by Gasteiger charge is -2.27. The van der Waals surface area contributed by atoms with E-state index < -0.39 is 24.0 Å². The van der Waals surface area contributed by atoms with Gasteiger partial charge in [-0.1, -0.05) is 77.8 Å². The van der Waals surface area contributed by atoms with E-state index in [2.05, 4.69) is 0 Å². The van der Waals surface area contributed by atoms with E-state index in [1.807, 2.05) is 66.7 Å². The number of hydrogen-bond donors (Lipinski definition) is 0. The summed E-state index contributed by atoms with van der Waals surface area (Å²) < 4.78 is 6.30. The maximum Gasteiger partial charge on any atom is 0.266 e. The molecule has 2 aliphatic rings. The highest BCUT2D eigenvalue weighted by Crippen LogP contribution is 2.49. The molecule has 0 spiro atoms. The first-order chi connectivity index (χ1) is 19.0. The molecule has 3 unspecified atom stereocenters. The molecular weight excluding hydrogens is 535 g/mol. The zero-order valence-electron chi connectivity index (χ0n) is 20.3. The predicted molar refractivity (Wildman–Crippen MR) is 151 cm³/mol. The number of hydroxylamine groups is 1. The van der Waals surface area contributed by atoms with Gasteiger partial charge in [-0.2, -0.15) is 0 Å². The van der Waals surface area contributed by atoms with Gasteiger partial charge in [0.2, 0.25) is 5.91 Å². The monoisotopic (exact) mass is 554 g/mol. The van der Waals surface area contributed by atoms with Crippen LogP contribution in [0.1, 0.15) is 11.8 Å². The van der Waals surface area contributed by atoms with Crippen LogP contribution in [0.3, 0.4) is 0 Å². The van der Waals surface area contributed by atoms with E-state index in [0.29, 0.717) is 38.5 Å². The topological polar surface area (TPSA) is 63.0 Å². The maximum atomic E-state index is 14.1. The lowest BCUT2D eigenvalue weighted by molar-refractivity contribution is -0.126. The molecule has 1 aromatic heterocycles. The lowest BCUT2D eigenvalue weighted by Crippen LogP contribution is -2.37. The van der Waals surface area contributed by atoms with Crippen molar-refractivity contribution in [3.05, 3.63) is 119 Å². The number of hydrogen-bond acceptors (Lipinski definition) is 5. The first-order valence-electron chi connectivity index (χ1n) is 12.4. The molecule has 7 rings (SSSR count). The van der Waals surface area contributed by atoms with Crippen molar-refractivity contribution in [2.75, 3.05) is 9.96 Å². The second kappa shape index (κ2) is 9.27. The van der Waals surface area contributed by atoms with Crippen LogP contribution in [0.2, 0.25) is 10.0 Å². The second-order valence-corrected chi connectivity index (χ2v) is 10.3. The van der Waals surface area contributed by atoms with Gasteiger partial charge in [0.25, 0.3) is 5.91 Å². The van der Waals surface area contributed by atoms with Crippen molar-refractivity contribution in [3.8, 4) is 11.3 Å². The van der Waals surface area contributed by atoms with Gasteiger partial charge in [0.1, 0.15) is 23.5 Å². The largest absolute Gasteiger partial charge is 0.459 e. The summed E-state index contributed by atoms with van der Waals surface area (Å²) in [6, 6.07) is 30.7. The smallest absolute Gasteiger partial charge is 0.266 e. The summed E-state index contributed by atoms with van der Waals surface area (Å²) in [7, 11) is 0. The zero-order valence-corrected chi connectivity index (χ0v) is 21.8. The molecule has 5 aromatic rings. The zero-order chi connectivity index (χ0) is 26.7. The van der Waals surface area contributed by atoms with Crippen LogP contribution in [0, 0.1) is 5.92 Å². The average molecular weight is 555 g/mol. The van der Waals surface area contributed by atoms with E-state index in [0.717, 1.165) is 10.8 Å². The van der Waals surface area contributed by atoms with Gasteiger partial charge in [-0.15, -0.1) is 0 Å².